The minimum Gasteiger partial charge on any atom is -0.334 e. The molecule has 64 heavy (non-hydrogen) atoms. The third kappa shape index (κ3) is 5.56. The summed E-state index contributed by atoms with van der Waals surface area (Å²) in [5.74, 6) is 0. The van der Waals surface area contributed by atoms with Gasteiger partial charge in [-0.2, -0.15) is 0 Å². The largest absolute Gasteiger partial charge is 0.334 e. The Bertz CT molecular complexity index is 3070. The summed E-state index contributed by atoms with van der Waals surface area (Å²) >= 11 is 0. The molecular weight excluding hydrogens is 771 g/mol. The Morgan fingerprint density at radius 1 is 0.484 bits per heavy atom. The molecule has 7 aromatic rings. The average molecular weight is 824 g/mol. The van der Waals surface area contributed by atoms with E-state index in [0.717, 1.165) is 32.1 Å². The van der Waals surface area contributed by atoms with Crippen LogP contribution in [-0.4, -0.2) is 6.04 Å². The summed E-state index contributed by atoms with van der Waals surface area (Å²) < 4.78 is 0. The second-order valence-corrected chi connectivity index (χ2v) is 19.2. The van der Waals surface area contributed by atoms with Crippen LogP contribution in [0.1, 0.15) is 113 Å². The molecule has 1 spiro atoms. The second kappa shape index (κ2) is 15.0. The molecule has 0 saturated heterocycles. The van der Waals surface area contributed by atoms with E-state index in [1.165, 1.54) is 110 Å². The molecule has 1 heteroatoms. The van der Waals surface area contributed by atoms with E-state index in [0.29, 0.717) is 0 Å². The fourth-order valence-electron chi connectivity index (χ4n) is 13.5. The van der Waals surface area contributed by atoms with Crippen LogP contribution in [0.25, 0.3) is 34.4 Å². The SMILES string of the molecule is C1=Cc2ccc3c(c2CC1)CCC(c1cccc(N(c2ccc4c(c2)C(c2ccccc2)(c2ccccc2)c2ccccc2-4)C2CC=CC4=C2C2(CCCCC2)c2ccccc24)c1)=C3. The van der Waals surface area contributed by atoms with Gasteiger partial charge in [0, 0.05) is 16.8 Å². The zero-order chi connectivity index (χ0) is 42.2. The van der Waals surface area contributed by atoms with Crippen molar-refractivity contribution in [2.24, 2.45) is 0 Å². The molecular formula is C63H53N. The van der Waals surface area contributed by atoms with Crippen molar-refractivity contribution >= 4 is 34.7 Å². The predicted octanol–water partition coefficient (Wildman–Crippen LogP) is 15.6. The average Bonchev–Trinajstić information content (AvgIpc) is 3.82. The van der Waals surface area contributed by atoms with Gasteiger partial charge in [0.15, 0.2) is 0 Å². The molecule has 1 atom stereocenters. The number of fused-ring (bicyclic) bond motifs is 10. The summed E-state index contributed by atoms with van der Waals surface area (Å²) in [4.78, 5) is 2.79. The first-order valence-corrected chi connectivity index (χ1v) is 24.0. The molecule has 1 nitrogen and oxygen atoms in total. The highest BCUT2D eigenvalue weighted by molar-refractivity contribution is 5.92. The maximum atomic E-state index is 2.79. The summed E-state index contributed by atoms with van der Waals surface area (Å²) in [6.45, 7) is 0. The van der Waals surface area contributed by atoms with E-state index < -0.39 is 5.41 Å². The van der Waals surface area contributed by atoms with Gasteiger partial charge in [0.2, 0.25) is 0 Å². The van der Waals surface area contributed by atoms with Crippen LogP contribution in [0, 0.1) is 0 Å². The highest BCUT2D eigenvalue weighted by atomic mass is 15.2. The van der Waals surface area contributed by atoms with Gasteiger partial charge in [0.25, 0.3) is 0 Å². The highest BCUT2D eigenvalue weighted by Crippen LogP contribution is 2.60. The van der Waals surface area contributed by atoms with Crippen LogP contribution in [0.15, 0.2) is 188 Å². The van der Waals surface area contributed by atoms with Crippen molar-refractivity contribution in [3.63, 3.8) is 0 Å². The zero-order valence-corrected chi connectivity index (χ0v) is 36.6. The maximum Gasteiger partial charge on any atom is 0.0714 e. The Hall–Kier alpha value is -6.70. The molecule has 1 saturated carbocycles. The van der Waals surface area contributed by atoms with Crippen molar-refractivity contribution in [1.29, 1.82) is 0 Å². The van der Waals surface area contributed by atoms with Crippen LogP contribution in [0.3, 0.4) is 0 Å². The zero-order valence-electron chi connectivity index (χ0n) is 36.6. The van der Waals surface area contributed by atoms with E-state index in [2.05, 4.69) is 199 Å². The Balaban J connectivity index is 1.03. The van der Waals surface area contributed by atoms with Crippen LogP contribution in [0.2, 0.25) is 0 Å². The lowest BCUT2D eigenvalue weighted by molar-refractivity contribution is 0.330. The molecule has 0 amide bonds. The Kier molecular flexibility index (Phi) is 8.84. The van der Waals surface area contributed by atoms with E-state index >= 15 is 0 Å². The number of rotatable bonds is 6. The Labute approximate surface area is 378 Å². The van der Waals surface area contributed by atoms with Gasteiger partial charge in [-0.15, -0.1) is 0 Å². The lowest BCUT2D eigenvalue weighted by Gasteiger charge is -2.45. The van der Waals surface area contributed by atoms with Crippen molar-refractivity contribution in [2.75, 3.05) is 4.90 Å². The summed E-state index contributed by atoms with van der Waals surface area (Å²) in [6.07, 6.45) is 23.9. The van der Waals surface area contributed by atoms with Crippen molar-refractivity contribution in [2.45, 2.75) is 81.1 Å². The minimum atomic E-state index is -0.474. The summed E-state index contributed by atoms with van der Waals surface area (Å²) in [6, 6.07) is 63.2. The molecule has 13 rings (SSSR count). The normalized spacial score (nSPS) is 19.2. The van der Waals surface area contributed by atoms with E-state index in [4.69, 9.17) is 0 Å². The molecule has 0 radical (unpaired) electrons. The van der Waals surface area contributed by atoms with Gasteiger partial charge in [-0.25, -0.2) is 0 Å². The lowest BCUT2D eigenvalue weighted by atomic mass is 9.64. The molecule has 6 aliphatic carbocycles. The fraction of sp³-hybridized carbons (Fsp3) is 0.206. The standard InChI is InChI=1S/C63H53N/c1-4-20-47(21-5-1)63(48-22-6-2-7-23-48)58-30-13-11-26-53(58)55-37-35-50(42-59(55)63)64(60-31-17-28-56-54-27-10-12-29-57(54)62(61(56)60)38-14-3-15-39-62)49-24-16-19-44(41-49)45-34-36-52-46(40-45)33-32-43-18-8-9-25-51(43)52/h1-2,4-8,10-13,16-24,26-30,32-33,35,37,40-42,60H,3,9,14-15,25,31,34,36,38-39H2. The first-order chi connectivity index (χ1) is 31.7. The number of nitrogens with zero attached hydrogens (tertiary/aromatic N) is 1. The van der Waals surface area contributed by atoms with Gasteiger partial charge < -0.3 is 4.90 Å². The van der Waals surface area contributed by atoms with Crippen molar-refractivity contribution in [1.82, 2.24) is 0 Å². The monoisotopic (exact) mass is 823 g/mol. The first kappa shape index (κ1) is 37.8. The van der Waals surface area contributed by atoms with E-state index in [9.17, 15) is 0 Å². The lowest BCUT2D eigenvalue weighted by Crippen LogP contribution is -2.42. The molecule has 6 aliphatic rings. The van der Waals surface area contributed by atoms with E-state index in [-0.39, 0.29) is 11.5 Å². The quantitative estimate of drug-likeness (QED) is 0.161. The molecule has 0 bridgehead atoms. The molecule has 0 N–H and O–H groups in total. The van der Waals surface area contributed by atoms with Crippen molar-refractivity contribution in [3.8, 4) is 11.1 Å². The molecule has 1 unspecified atom stereocenters. The van der Waals surface area contributed by atoms with E-state index in [1.54, 1.807) is 22.3 Å². The van der Waals surface area contributed by atoms with Crippen LogP contribution < -0.4 is 4.90 Å². The van der Waals surface area contributed by atoms with Crippen LogP contribution in [-0.2, 0) is 23.7 Å². The van der Waals surface area contributed by atoms with Gasteiger partial charge in [-0.1, -0.05) is 189 Å². The van der Waals surface area contributed by atoms with E-state index in [1.807, 2.05) is 0 Å². The third-order valence-electron chi connectivity index (χ3n) is 16.1. The molecule has 0 aliphatic heterocycles. The van der Waals surface area contributed by atoms with Crippen LogP contribution in [0.5, 0.6) is 0 Å². The van der Waals surface area contributed by atoms with Crippen molar-refractivity contribution < 1.29 is 0 Å². The highest BCUT2D eigenvalue weighted by Gasteiger charge is 2.50. The van der Waals surface area contributed by atoms with Crippen LogP contribution in [0.4, 0.5) is 11.4 Å². The molecule has 310 valence electrons. The van der Waals surface area contributed by atoms with Gasteiger partial charge in [0.05, 0.1) is 11.5 Å². The Morgan fingerprint density at radius 3 is 1.98 bits per heavy atom. The summed E-state index contributed by atoms with van der Waals surface area (Å²) in [7, 11) is 0. The predicted molar refractivity (Wildman–Crippen MR) is 268 cm³/mol. The molecule has 0 aromatic heterocycles. The third-order valence-corrected chi connectivity index (χ3v) is 16.1. The number of anilines is 2. The second-order valence-electron chi connectivity index (χ2n) is 19.2. The number of hydrogen-bond donors (Lipinski definition) is 0. The molecule has 0 heterocycles. The molecule has 7 aromatic carbocycles. The maximum absolute atomic E-state index is 2.79. The van der Waals surface area contributed by atoms with Gasteiger partial charge in [-0.3, -0.25) is 0 Å². The van der Waals surface area contributed by atoms with Crippen LogP contribution >= 0.6 is 0 Å². The van der Waals surface area contributed by atoms with Gasteiger partial charge in [-0.05, 0) is 158 Å². The van der Waals surface area contributed by atoms with Gasteiger partial charge in [0.1, 0.15) is 0 Å². The molecule has 1 fully saturated rings. The Morgan fingerprint density at radius 2 is 1.17 bits per heavy atom. The fourth-order valence-corrected chi connectivity index (χ4v) is 13.5. The number of allylic oxidation sites excluding steroid dienone is 4. The summed E-state index contributed by atoms with van der Waals surface area (Å²) in [5.41, 5.74) is 24.9. The summed E-state index contributed by atoms with van der Waals surface area (Å²) in [5, 5.41) is 0. The van der Waals surface area contributed by atoms with Gasteiger partial charge >= 0.3 is 0 Å². The van der Waals surface area contributed by atoms with Crippen molar-refractivity contribution in [3.05, 3.63) is 249 Å². The number of hydrogen-bond acceptors (Lipinski definition) is 1. The first-order valence-electron chi connectivity index (χ1n) is 24.0. The topological polar surface area (TPSA) is 3.24 Å². The minimum absolute atomic E-state index is 0.0458. The number of benzene rings is 7. The smallest absolute Gasteiger partial charge is 0.0714 e.